The standard InChI is InChI=1S/C17H20ClN3O3/c1-2-13(7-10-22)19-16(23)17(24)20-14-6-5-12(18)11-15(14)21-8-3-4-9-21/h3-6,8-9,11,13,22H,2,7,10H2,1H3,(H,19,23)(H,20,24). The topological polar surface area (TPSA) is 83.4 Å². The molecule has 1 aromatic carbocycles. The highest BCUT2D eigenvalue weighted by molar-refractivity contribution is 6.40. The highest BCUT2D eigenvalue weighted by atomic mass is 35.5. The Morgan fingerprint density at radius 3 is 2.58 bits per heavy atom. The average molecular weight is 350 g/mol. The Labute approximate surface area is 145 Å². The molecule has 24 heavy (non-hydrogen) atoms. The summed E-state index contributed by atoms with van der Waals surface area (Å²) >= 11 is 6.03. The predicted octanol–water partition coefficient (Wildman–Crippen LogP) is 2.35. The number of hydrogen-bond donors (Lipinski definition) is 3. The van der Waals surface area contributed by atoms with Gasteiger partial charge in [0.15, 0.2) is 0 Å². The molecule has 0 spiro atoms. The fourth-order valence-corrected chi connectivity index (χ4v) is 2.45. The maximum Gasteiger partial charge on any atom is 0.313 e. The van der Waals surface area contributed by atoms with Gasteiger partial charge < -0.3 is 20.3 Å². The van der Waals surface area contributed by atoms with Gasteiger partial charge >= 0.3 is 11.8 Å². The van der Waals surface area contributed by atoms with Crippen molar-refractivity contribution < 1.29 is 14.7 Å². The molecule has 0 aliphatic heterocycles. The van der Waals surface area contributed by atoms with E-state index in [9.17, 15) is 9.59 Å². The molecule has 128 valence electrons. The van der Waals surface area contributed by atoms with Crippen molar-refractivity contribution in [2.45, 2.75) is 25.8 Å². The lowest BCUT2D eigenvalue weighted by Gasteiger charge is -2.16. The van der Waals surface area contributed by atoms with Crippen LogP contribution in [0.1, 0.15) is 19.8 Å². The molecule has 0 bridgehead atoms. The Balaban J connectivity index is 2.13. The smallest absolute Gasteiger partial charge is 0.313 e. The van der Waals surface area contributed by atoms with Gasteiger partial charge in [0.05, 0.1) is 11.4 Å². The number of hydrogen-bond acceptors (Lipinski definition) is 3. The van der Waals surface area contributed by atoms with Crippen LogP contribution in [0.15, 0.2) is 42.7 Å². The number of nitrogens with zero attached hydrogens (tertiary/aromatic N) is 1. The van der Waals surface area contributed by atoms with Gasteiger partial charge in [0.1, 0.15) is 0 Å². The second kappa shape index (κ2) is 8.52. The summed E-state index contributed by atoms with van der Waals surface area (Å²) in [5, 5.41) is 14.7. The molecular formula is C17H20ClN3O3. The van der Waals surface area contributed by atoms with Gasteiger partial charge in [-0.05, 0) is 43.2 Å². The van der Waals surface area contributed by atoms with Gasteiger partial charge in [-0.15, -0.1) is 0 Å². The van der Waals surface area contributed by atoms with Crippen LogP contribution < -0.4 is 10.6 Å². The zero-order valence-corrected chi connectivity index (χ0v) is 14.1. The number of nitrogens with one attached hydrogen (secondary N) is 2. The Morgan fingerprint density at radius 1 is 1.25 bits per heavy atom. The predicted molar refractivity (Wildman–Crippen MR) is 93.3 cm³/mol. The first kappa shape index (κ1) is 18.0. The Kier molecular flexibility index (Phi) is 6.40. The van der Waals surface area contributed by atoms with Gasteiger partial charge in [0.2, 0.25) is 0 Å². The van der Waals surface area contributed by atoms with Gasteiger partial charge in [-0.1, -0.05) is 18.5 Å². The van der Waals surface area contributed by atoms with E-state index in [4.69, 9.17) is 16.7 Å². The molecule has 0 saturated heterocycles. The first-order valence-corrected chi connectivity index (χ1v) is 8.08. The van der Waals surface area contributed by atoms with Crippen LogP contribution in [0.2, 0.25) is 5.02 Å². The van der Waals surface area contributed by atoms with E-state index in [0.717, 1.165) is 0 Å². The quantitative estimate of drug-likeness (QED) is 0.700. The SMILES string of the molecule is CCC(CCO)NC(=O)C(=O)Nc1ccc(Cl)cc1-n1cccc1. The number of carbonyl (C=O) groups excluding carboxylic acids is 2. The van der Waals surface area contributed by atoms with Gasteiger partial charge in [0.25, 0.3) is 0 Å². The average Bonchev–Trinajstić information content (AvgIpc) is 3.10. The first-order chi connectivity index (χ1) is 11.5. The van der Waals surface area contributed by atoms with E-state index in [1.165, 1.54) is 0 Å². The number of carbonyl (C=O) groups is 2. The van der Waals surface area contributed by atoms with E-state index in [2.05, 4.69) is 10.6 Å². The lowest BCUT2D eigenvalue weighted by molar-refractivity contribution is -0.136. The van der Waals surface area contributed by atoms with Crippen molar-refractivity contribution in [3.8, 4) is 5.69 Å². The molecule has 0 fully saturated rings. The Hall–Kier alpha value is -2.31. The summed E-state index contributed by atoms with van der Waals surface area (Å²) in [5.41, 5.74) is 1.14. The van der Waals surface area contributed by atoms with Crippen LogP contribution in [0.4, 0.5) is 5.69 Å². The van der Waals surface area contributed by atoms with E-state index in [-0.39, 0.29) is 12.6 Å². The van der Waals surface area contributed by atoms with Gasteiger partial charge in [-0.2, -0.15) is 0 Å². The molecule has 7 heteroatoms. The molecule has 2 aromatic rings. The monoisotopic (exact) mass is 349 g/mol. The van der Waals surface area contributed by atoms with E-state index in [1.807, 2.05) is 31.5 Å². The zero-order valence-electron chi connectivity index (χ0n) is 13.3. The molecular weight excluding hydrogens is 330 g/mol. The van der Waals surface area contributed by atoms with Crippen LogP contribution >= 0.6 is 11.6 Å². The molecule has 1 atom stereocenters. The molecule has 1 aromatic heterocycles. The summed E-state index contributed by atoms with van der Waals surface area (Å²) < 4.78 is 1.79. The second-order valence-corrected chi connectivity index (χ2v) is 5.73. The summed E-state index contributed by atoms with van der Waals surface area (Å²) in [7, 11) is 0. The molecule has 1 heterocycles. The van der Waals surface area contributed by atoms with Crippen LogP contribution in [-0.2, 0) is 9.59 Å². The minimum absolute atomic E-state index is 0.0463. The second-order valence-electron chi connectivity index (χ2n) is 5.30. The van der Waals surface area contributed by atoms with E-state index < -0.39 is 11.8 Å². The summed E-state index contributed by atoms with van der Waals surface area (Å²) in [5.74, 6) is -1.49. The molecule has 0 saturated carbocycles. The maximum absolute atomic E-state index is 12.1. The van der Waals surface area contributed by atoms with Crippen LogP contribution in [0.3, 0.4) is 0 Å². The number of amides is 2. The van der Waals surface area contributed by atoms with Crippen molar-refractivity contribution in [1.82, 2.24) is 9.88 Å². The third-order valence-corrected chi connectivity index (χ3v) is 3.84. The number of aromatic nitrogens is 1. The van der Waals surface area contributed by atoms with Crippen molar-refractivity contribution in [3.05, 3.63) is 47.7 Å². The largest absolute Gasteiger partial charge is 0.396 e. The Bertz CT molecular complexity index is 701. The maximum atomic E-state index is 12.1. The van der Waals surface area contributed by atoms with Crippen molar-refractivity contribution in [1.29, 1.82) is 0 Å². The normalized spacial score (nSPS) is 11.8. The minimum Gasteiger partial charge on any atom is -0.396 e. The lowest BCUT2D eigenvalue weighted by Crippen LogP contribution is -2.42. The number of anilines is 1. The molecule has 0 radical (unpaired) electrons. The first-order valence-electron chi connectivity index (χ1n) is 7.70. The lowest BCUT2D eigenvalue weighted by atomic mass is 10.1. The Morgan fingerprint density at radius 2 is 1.96 bits per heavy atom. The van der Waals surface area contributed by atoms with Crippen LogP contribution in [0.5, 0.6) is 0 Å². The van der Waals surface area contributed by atoms with Gasteiger partial charge in [-0.3, -0.25) is 9.59 Å². The summed E-state index contributed by atoms with van der Waals surface area (Å²) in [6, 6.07) is 8.45. The molecule has 2 rings (SSSR count). The van der Waals surface area contributed by atoms with Crippen LogP contribution in [-0.4, -0.2) is 34.1 Å². The van der Waals surface area contributed by atoms with Crippen molar-refractivity contribution in [2.24, 2.45) is 0 Å². The molecule has 1 unspecified atom stereocenters. The molecule has 2 amide bonds. The number of aliphatic hydroxyl groups is 1. The van der Waals surface area contributed by atoms with Crippen LogP contribution in [0, 0.1) is 0 Å². The molecule has 0 aliphatic rings. The van der Waals surface area contributed by atoms with Crippen molar-refractivity contribution in [2.75, 3.05) is 11.9 Å². The van der Waals surface area contributed by atoms with E-state index >= 15 is 0 Å². The fourth-order valence-electron chi connectivity index (χ4n) is 2.28. The summed E-state index contributed by atoms with van der Waals surface area (Å²) in [4.78, 5) is 24.2. The third-order valence-electron chi connectivity index (χ3n) is 3.60. The number of rotatable bonds is 6. The fraction of sp³-hybridized carbons (Fsp3) is 0.294. The third kappa shape index (κ3) is 4.59. The highest BCUT2D eigenvalue weighted by Gasteiger charge is 2.19. The molecule has 6 nitrogen and oxygen atoms in total. The molecule has 3 N–H and O–H groups in total. The molecule has 0 aliphatic carbocycles. The summed E-state index contributed by atoms with van der Waals surface area (Å²) in [6.07, 6.45) is 4.67. The van der Waals surface area contributed by atoms with E-state index in [0.29, 0.717) is 29.2 Å². The highest BCUT2D eigenvalue weighted by Crippen LogP contribution is 2.24. The number of aliphatic hydroxyl groups excluding tert-OH is 1. The zero-order chi connectivity index (χ0) is 17.5. The summed E-state index contributed by atoms with van der Waals surface area (Å²) in [6.45, 7) is 1.83. The van der Waals surface area contributed by atoms with Gasteiger partial charge in [-0.25, -0.2) is 0 Å². The van der Waals surface area contributed by atoms with Crippen LogP contribution in [0.25, 0.3) is 5.69 Å². The minimum atomic E-state index is -0.762. The number of halogens is 1. The van der Waals surface area contributed by atoms with E-state index in [1.54, 1.807) is 22.8 Å². The number of benzene rings is 1. The van der Waals surface area contributed by atoms with Crippen molar-refractivity contribution >= 4 is 29.1 Å². The van der Waals surface area contributed by atoms with Crippen molar-refractivity contribution in [3.63, 3.8) is 0 Å². The van der Waals surface area contributed by atoms with Gasteiger partial charge in [0, 0.05) is 30.1 Å².